The number of hydrogen-bond acceptors (Lipinski definition) is 4. The van der Waals surface area contributed by atoms with Gasteiger partial charge in [-0.15, -0.1) is 0 Å². The molecule has 2 rings (SSSR count). The third-order valence-electron chi connectivity index (χ3n) is 2.64. The summed E-state index contributed by atoms with van der Waals surface area (Å²) in [5.74, 6) is -2.23. The Balaban J connectivity index is 2.23. The quantitative estimate of drug-likeness (QED) is 0.623. The van der Waals surface area contributed by atoms with Gasteiger partial charge in [0.25, 0.3) is 5.91 Å². The lowest BCUT2D eigenvalue weighted by Gasteiger charge is -2.07. The van der Waals surface area contributed by atoms with Gasteiger partial charge in [0.05, 0.1) is 0 Å². The van der Waals surface area contributed by atoms with E-state index in [2.05, 4.69) is 5.32 Å². The van der Waals surface area contributed by atoms with E-state index < -0.39 is 23.2 Å². The molecule has 0 aliphatic carbocycles. The number of anilines is 1. The predicted octanol–water partition coefficient (Wildman–Crippen LogP) is 2.36. The number of aromatic hydroxyl groups is 3. The molecule has 0 fully saturated rings. The van der Waals surface area contributed by atoms with Gasteiger partial charge in [0, 0.05) is 11.3 Å². The Morgan fingerprint density at radius 3 is 2.05 bits per heavy atom. The zero-order chi connectivity index (χ0) is 14.0. The van der Waals surface area contributed by atoms with Crippen LogP contribution in [0, 0.1) is 6.92 Å². The van der Waals surface area contributed by atoms with Crippen LogP contribution in [0.2, 0.25) is 0 Å². The average Bonchev–Trinajstić information content (AvgIpc) is 2.38. The molecule has 0 unspecified atom stereocenters. The van der Waals surface area contributed by atoms with E-state index in [1.54, 1.807) is 12.1 Å². The Kier molecular flexibility index (Phi) is 3.29. The zero-order valence-electron chi connectivity index (χ0n) is 10.2. The Hall–Kier alpha value is -2.69. The number of carbonyl (C=O) groups is 1. The normalized spacial score (nSPS) is 10.2. The summed E-state index contributed by atoms with van der Waals surface area (Å²) in [7, 11) is 0. The van der Waals surface area contributed by atoms with E-state index in [9.17, 15) is 20.1 Å². The summed E-state index contributed by atoms with van der Waals surface area (Å²) < 4.78 is 0. The fourth-order valence-corrected chi connectivity index (χ4v) is 1.58. The number of carbonyl (C=O) groups excluding carboxylic acids is 1. The minimum atomic E-state index is -0.646. The molecule has 0 bridgehead atoms. The highest BCUT2D eigenvalue weighted by atomic mass is 16.3. The first-order valence-corrected chi connectivity index (χ1v) is 5.60. The summed E-state index contributed by atoms with van der Waals surface area (Å²) in [6.45, 7) is 1.93. The van der Waals surface area contributed by atoms with E-state index in [1.165, 1.54) is 0 Å². The van der Waals surface area contributed by atoms with Crippen molar-refractivity contribution in [3.63, 3.8) is 0 Å². The molecule has 4 N–H and O–H groups in total. The molecule has 0 heterocycles. The topological polar surface area (TPSA) is 89.8 Å². The van der Waals surface area contributed by atoms with Crippen molar-refractivity contribution >= 4 is 11.6 Å². The van der Waals surface area contributed by atoms with Gasteiger partial charge >= 0.3 is 0 Å². The van der Waals surface area contributed by atoms with Gasteiger partial charge in [0.2, 0.25) is 0 Å². The third kappa shape index (κ3) is 2.77. The van der Waals surface area contributed by atoms with Crippen LogP contribution in [-0.4, -0.2) is 21.2 Å². The first-order valence-electron chi connectivity index (χ1n) is 5.60. The van der Waals surface area contributed by atoms with Gasteiger partial charge in [-0.05, 0) is 31.2 Å². The van der Waals surface area contributed by atoms with Crippen LogP contribution >= 0.6 is 0 Å². The van der Waals surface area contributed by atoms with Crippen LogP contribution in [0.4, 0.5) is 5.69 Å². The lowest BCUT2D eigenvalue weighted by molar-refractivity contribution is 0.102. The SMILES string of the molecule is Cc1ccc(NC(=O)c2cc(O)c(O)c(O)c2)cc1. The van der Waals surface area contributed by atoms with E-state index in [0.717, 1.165) is 17.7 Å². The highest BCUT2D eigenvalue weighted by molar-refractivity contribution is 6.05. The molecule has 2 aromatic rings. The van der Waals surface area contributed by atoms with Crippen molar-refractivity contribution in [1.82, 2.24) is 0 Å². The molecule has 0 aliphatic rings. The van der Waals surface area contributed by atoms with Gasteiger partial charge in [-0.1, -0.05) is 17.7 Å². The first kappa shape index (κ1) is 12.8. The fourth-order valence-electron chi connectivity index (χ4n) is 1.58. The average molecular weight is 259 g/mol. The molecule has 2 aromatic carbocycles. The molecular formula is C14H13NO4. The summed E-state index contributed by atoms with van der Waals surface area (Å²) in [6.07, 6.45) is 0. The Bertz CT molecular complexity index is 597. The van der Waals surface area contributed by atoms with Crippen molar-refractivity contribution < 1.29 is 20.1 Å². The van der Waals surface area contributed by atoms with E-state index in [4.69, 9.17) is 0 Å². The number of rotatable bonds is 2. The molecule has 0 aliphatic heterocycles. The summed E-state index contributed by atoms with van der Waals surface area (Å²) >= 11 is 0. The fraction of sp³-hybridized carbons (Fsp3) is 0.0714. The number of nitrogens with one attached hydrogen (secondary N) is 1. The second-order valence-electron chi connectivity index (χ2n) is 4.18. The number of benzene rings is 2. The molecule has 1 amide bonds. The lowest BCUT2D eigenvalue weighted by Crippen LogP contribution is -2.11. The molecule has 0 saturated heterocycles. The summed E-state index contributed by atoms with van der Waals surface area (Å²) in [5, 5.41) is 30.5. The molecule has 0 spiro atoms. The van der Waals surface area contributed by atoms with E-state index in [-0.39, 0.29) is 5.56 Å². The Morgan fingerprint density at radius 2 is 1.53 bits per heavy atom. The molecule has 0 atom stereocenters. The smallest absolute Gasteiger partial charge is 0.255 e. The Labute approximate surface area is 109 Å². The van der Waals surface area contributed by atoms with Crippen molar-refractivity contribution in [2.75, 3.05) is 5.32 Å². The first-order chi connectivity index (χ1) is 8.97. The van der Waals surface area contributed by atoms with Crippen LogP contribution < -0.4 is 5.32 Å². The number of phenols is 3. The second kappa shape index (κ2) is 4.89. The van der Waals surface area contributed by atoms with Crippen molar-refractivity contribution in [1.29, 1.82) is 0 Å². The zero-order valence-corrected chi connectivity index (χ0v) is 10.2. The van der Waals surface area contributed by atoms with Crippen molar-refractivity contribution in [3.05, 3.63) is 47.5 Å². The number of amides is 1. The molecule has 5 nitrogen and oxygen atoms in total. The highest BCUT2D eigenvalue weighted by Crippen LogP contribution is 2.35. The van der Waals surface area contributed by atoms with Gasteiger partial charge in [-0.2, -0.15) is 0 Å². The van der Waals surface area contributed by atoms with Crippen LogP contribution in [0.5, 0.6) is 17.2 Å². The van der Waals surface area contributed by atoms with Crippen LogP contribution in [-0.2, 0) is 0 Å². The highest BCUT2D eigenvalue weighted by Gasteiger charge is 2.13. The van der Waals surface area contributed by atoms with E-state index in [0.29, 0.717) is 5.69 Å². The predicted molar refractivity (Wildman–Crippen MR) is 70.6 cm³/mol. The minimum absolute atomic E-state index is 0.0494. The number of hydrogen-bond donors (Lipinski definition) is 4. The summed E-state index contributed by atoms with van der Waals surface area (Å²) in [6, 6.07) is 9.35. The van der Waals surface area contributed by atoms with Gasteiger partial charge in [-0.25, -0.2) is 0 Å². The maximum Gasteiger partial charge on any atom is 0.255 e. The van der Waals surface area contributed by atoms with Gasteiger partial charge in [0.1, 0.15) is 0 Å². The maximum atomic E-state index is 11.9. The standard InChI is InChI=1S/C14H13NO4/c1-8-2-4-10(5-3-8)15-14(19)9-6-11(16)13(18)12(17)7-9/h2-7,16-18H,1H3,(H,15,19). The Morgan fingerprint density at radius 1 is 1.00 bits per heavy atom. The van der Waals surface area contributed by atoms with Crippen LogP contribution in [0.3, 0.4) is 0 Å². The summed E-state index contributed by atoms with van der Waals surface area (Å²) in [4.78, 5) is 11.9. The molecule has 0 saturated carbocycles. The van der Waals surface area contributed by atoms with Gasteiger partial charge in [-0.3, -0.25) is 4.79 Å². The van der Waals surface area contributed by atoms with Gasteiger partial charge in [0.15, 0.2) is 17.2 Å². The molecule has 0 radical (unpaired) electrons. The third-order valence-corrected chi connectivity index (χ3v) is 2.64. The van der Waals surface area contributed by atoms with Crippen molar-refractivity contribution in [3.8, 4) is 17.2 Å². The second-order valence-corrected chi connectivity index (χ2v) is 4.18. The number of phenolic OH excluding ortho intramolecular Hbond substituents is 3. The molecular weight excluding hydrogens is 246 g/mol. The van der Waals surface area contributed by atoms with Crippen LogP contribution in [0.15, 0.2) is 36.4 Å². The number of aryl methyl sites for hydroxylation is 1. The van der Waals surface area contributed by atoms with Crippen molar-refractivity contribution in [2.45, 2.75) is 6.92 Å². The van der Waals surface area contributed by atoms with Gasteiger partial charge < -0.3 is 20.6 Å². The monoisotopic (exact) mass is 259 g/mol. The molecule has 98 valence electrons. The van der Waals surface area contributed by atoms with Crippen molar-refractivity contribution in [2.24, 2.45) is 0 Å². The largest absolute Gasteiger partial charge is 0.504 e. The maximum absolute atomic E-state index is 11.9. The van der Waals surface area contributed by atoms with E-state index in [1.807, 2.05) is 19.1 Å². The molecule has 5 heteroatoms. The molecule has 19 heavy (non-hydrogen) atoms. The summed E-state index contributed by atoms with van der Waals surface area (Å²) in [5.41, 5.74) is 1.72. The van der Waals surface area contributed by atoms with Crippen LogP contribution in [0.1, 0.15) is 15.9 Å². The van der Waals surface area contributed by atoms with E-state index >= 15 is 0 Å². The molecule has 0 aromatic heterocycles. The lowest BCUT2D eigenvalue weighted by atomic mass is 10.1. The minimum Gasteiger partial charge on any atom is -0.504 e. The van der Waals surface area contributed by atoms with Crippen LogP contribution in [0.25, 0.3) is 0 Å².